The number of rotatable bonds is 4. The quantitative estimate of drug-likeness (QED) is 0.928. The number of carboxylic acids is 1. The Morgan fingerprint density at radius 1 is 1.25 bits per heavy atom. The van der Waals surface area contributed by atoms with E-state index >= 15 is 0 Å². The zero-order valence-corrected chi connectivity index (χ0v) is 10.3. The number of hydrogen-bond acceptors (Lipinski definition) is 3. The summed E-state index contributed by atoms with van der Waals surface area (Å²) < 4.78 is 18.9. The molecule has 0 saturated heterocycles. The van der Waals surface area contributed by atoms with Gasteiger partial charge < -0.3 is 9.84 Å². The molecule has 0 saturated carbocycles. The van der Waals surface area contributed by atoms with E-state index in [4.69, 9.17) is 15.1 Å². The number of nitriles is 1. The number of hydrogen-bond donors (Lipinski definition) is 1. The molecule has 0 bridgehead atoms. The van der Waals surface area contributed by atoms with Gasteiger partial charge in [0.1, 0.15) is 18.2 Å². The highest BCUT2D eigenvalue weighted by atomic mass is 19.1. The van der Waals surface area contributed by atoms with Gasteiger partial charge in [-0.3, -0.25) is 0 Å². The van der Waals surface area contributed by atoms with Crippen LogP contribution in [0.15, 0.2) is 42.5 Å². The molecule has 0 fully saturated rings. The van der Waals surface area contributed by atoms with E-state index in [0.29, 0.717) is 11.3 Å². The second-order valence-corrected chi connectivity index (χ2v) is 4.04. The van der Waals surface area contributed by atoms with Crippen molar-refractivity contribution < 1.29 is 19.0 Å². The van der Waals surface area contributed by atoms with Crippen LogP contribution in [0, 0.1) is 17.1 Å². The van der Waals surface area contributed by atoms with Crippen molar-refractivity contribution >= 4 is 5.97 Å². The Morgan fingerprint density at radius 3 is 2.55 bits per heavy atom. The Labute approximate surface area is 114 Å². The van der Waals surface area contributed by atoms with E-state index in [-0.39, 0.29) is 17.7 Å². The first kappa shape index (κ1) is 13.6. The van der Waals surface area contributed by atoms with Gasteiger partial charge in [0.05, 0.1) is 17.2 Å². The Morgan fingerprint density at radius 2 is 1.95 bits per heavy atom. The van der Waals surface area contributed by atoms with Crippen molar-refractivity contribution in [2.24, 2.45) is 0 Å². The molecule has 20 heavy (non-hydrogen) atoms. The van der Waals surface area contributed by atoms with Crippen LogP contribution in [0.5, 0.6) is 5.75 Å². The highest BCUT2D eigenvalue weighted by Gasteiger charge is 2.09. The van der Waals surface area contributed by atoms with Gasteiger partial charge in [-0.05, 0) is 42.5 Å². The zero-order valence-electron chi connectivity index (χ0n) is 10.3. The van der Waals surface area contributed by atoms with E-state index in [1.54, 1.807) is 24.3 Å². The molecule has 0 unspecified atom stereocenters. The molecule has 0 aliphatic rings. The molecule has 0 radical (unpaired) electrons. The van der Waals surface area contributed by atoms with E-state index in [0.717, 1.165) is 6.07 Å². The van der Waals surface area contributed by atoms with E-state index in [1.165, 1.54) is 12.1 Å². The predicted molar refractivity (Wildman–Crippen MR) is 68.8 cm³/mol. The third kappa shape index (κ3) is 3.12. The van der Waals surface area contributed by atoms with Crippen LogP contribution in [-0.4, -0.2) is 11.1 Å². The average Bonchev–Trinajstić information content (AvgIpc) is 2.46. The molecule has 100 valence electrons. The van der Waals surface area contributed by atoms with Crippen LogP contribution in [0.4, 0.5) is 4.39 Å². The average molecular weight is 271 g/mol. The van der Waals surface area contributed by atoms with Crippen molar-refractivity contribution in [1.29, 1.82) is 5.26 Å². The third-order valence-corrected chi connectivity index (χ3v) is 2.67. The Balaban J connectivity index is 2.12. The molecule has 0 heterocycles. The molecular formula is C15H10FNO3. The van der Waals surface area contributed by atoms with Gasteiger partial charge in [-0.25, -0.2) is 9.18 Å². The molecule has 2 aromatic rings. The lowest BCUT2D eigenvalue weighted by molar-refractivity contribution is 0.0696. The van der Waals surface area contributed by atoms with Crippen LogP contribution in [0.1, 0.15) is 21.5 Å². The molecule has 0 atom stereocenters. The fraction of sp³-hybridized carbons (Fsp3) is 0.0667. The maximum atomic E-state index is 13.5. The lowest BCUT2D eigenvalue weighted by atomic mass is 10.1. The molecule has 0 aliphatic carbocycles. The summed E-state index contributed by atoms with van der Waals surface area (Å²) in [5, 5.41) is 17.5. The molecule has 0 amide bonds. The molecule has 2 rings (SSSR count). The van der Waals surface area contributed by atoms with Crippen LogP contribution in [0.3, 0.4) is 0 Å². The van der Waals surface area contributed by atoms with Gasteiger partial charge in [-0.1, -0.05) is 0 Å². The summed E-state index contributed by atoms with van der Waals surface area (Å²) in [6.45, 7) is -0.0845. The number of halogens is 1. The topological polar surface area (TPSA) is 70.3 Å². The van der Waals surface area contributed by atoms with Crippen molar-refractivity contribution in [1.82, 2.24) is 0 Å². The van der Waals surface area contributed by atoms with Gasteiger partial charge in [0.15, 0.2) is 0 Å². The van der Waals surface area contributed by atoms with Crippen molar-refractivity contribution in [3.05, 3.63) is 65.0 Å². The first-order valence-corrected chi connectivity index (χ1v) is 5.75. The van der Waals surface area contributed by atoms with E-state index in [1.807, 2.05) is 6.07 Å². The summed E-state index contributed by atoms with van der Waals surface area (Å²) in [7, 11) is 0. The van der Waals surface area contributed by atoms with Crippen LogP contribution >= 0.6 is 0 Å². The van der Waals surface area contributed by atoms with Gasteiger partial charge in [0.2, 0.25) is 0 Å². The number of carboxylic acid groups (broad SMARTS) is 1. The lowest BCUT2D eigenvalue weighted by Crippen LogP contribution is -2.03. The summed E-state index contributed by atoms with van der Waals surface area (Å²) in [5.41, 5.74) is 0.662. The number of benzene rings is 2. The SMILES string of the molecule is N#Cc1ccc(OCc2cc(C(=O)O)ccc2F)cc1. The monoisotopic (exact) mass is 271 g/mol. The maximum Gasteiger partial charge on any atom is 0.335 e. The summed E-state index contributed by atoms with van der Waals surface area (Å²) in [6.07, 6.45) is 0. The highest BCUT2D eigenvalue weighted by molar-refractivity contribution is 5.87. The van der Waals surface area contributed by atoms with Gasteiger partial charge in [0.25, 0.3) is 0 Å². The molecular weight excluding hydrogens is 261 g/mol. The molecule has 0 spiro atoms. The number of aromatic carboxylic acids is 1. The highest BCUT2D eigenvalue weighted by Crippen LogP contribution is 2.16. The number of carbonyl (C=O) groups is 1. The predicted octanol–water partition coefficient (Wildman–Crippen LogP) is 2.97. The van der Waals surface area contributed by atoms with Crippen molar-refractivity contribution in [2.45, 2.75) is 6.61 Å². The van der Waals surface area contributed by atoms with Crippen LogP contribution in [-0.2, 0) is 6.61 Å². The summed E-state index contributed by atoms with van der Waals surface area (Å²) in [4.78, 5) is 10.8. The second kappa shape index (κ2) is 5.85. The fourth-order valence-corrected chi connectivity index (χ4v) is 1.61. The zero-order chi connectivity index (χ0) is 14.5. The molecule has 4 nitrogen and oxygen atoms in total. The molecule has 0 aromatic heterocycles. The van der Waals surface area contributed by atoms with Crippen molar-refractivity contribution in [2.75, 3.05) is 0 Å². The molecule has 5 heteroatoms. The normalized spacial score (nSPS) is 9.80. The first-order chi connectivity index (χ1) is 9.60. The van der Waals surface area contributed by atoms with E-state index in [9.17, 15) is 9.18 Å². The largest absolute Gasteiger partial charge is 0.489 e. The first-order valence-electron chi connectivity index (χ1n) is 5.75. The molecule has 1 N–H and O–H groups in total. The Bertz CT molecular complexity index is 675. The summed E-state index contributed by atoms with van der Waals surface area (Å²) in [6, 6.07) is 11.9. The van der Waals surface area contributed by atoms with Gasteiger partial charge in [-0.15, -0.1) is 0 Å². The van der Waals surface area contributed by atoms with Crippen LogP contribution in [0.2, 0.25) is 0 Å². The van der Waals surface area contributed by atoms with Crippen molar-refractivity contribution in [3.63, 3.8) is 0 Å². The summed E-state index contributed by atoms with van der Waals surface area (Å²) >= 11 is 0. The maximum absolute atomic E-state index is 13.5. The van der Waals surface area contributed by atoms with Gasteiger partial charge in [0, 0.05) is 5.56 Å². The Hall–Kier alpha value is -2.87. The summed E-state index contributed by atoms with van der Waals surface area (Å²) in [5.74, 6) is -1.17. The minimum Gasteiger partial charge on any atom is -0.489 e. The Kier molecular flexibility index (Phi) is 3.96. The fourth-order valence-electron chi connectivity index (χ4n) is 1.61. The van der Waals surface area contributed by atoms with Crippen LogP contribution < -0.4 is 4.74 Å². The number of ether oxygens (including phenoxy) is 1. The minimum absolute atomic E-state index is 0.00447. The van der Waals surface area contributed by atoms with Crippen molar-refractivity contribution in [3.8, 4) is 11.8 Å². The lowest BCUT2D eigenvalue weighted by Gasteiger charge is -2.08. The van der Waals surface area contributed by atoms with E-state index < -0.39 is 11.8 Å². The minimum atomic E-state index is -1.12. The second-order valence-electron chi connectivity index (χ2n) is 4.04. The van der Waals surface area contributed by atoms with Gasteiger partial charge >= 0.3 is 5.97 Å². The third-order valence-electron chi connectivity index (χ3n) is 2.67. The molecule has 0 aliphatic heterocycles. The molecule has 2 aromatic carbocycles. The smallest absolute Gasteiger partial charge is 0.335 e. The standard InChI is InChI=1S/C15H10FNO3/c16-14-6-3-11(15(18)19)7-12(14)9-20-13-4-1-10(8-17)2-5-13/h1-7H,9H2,(H,18,19). The van der Waals surface area contributed by atoms with Gasteiger partial charge in [-0.2, -0.15) is 5.26 Å². The van der Waals surface area contributed by atoms with Crippen LogP contribution in [0.25, 0.3) is 0 Å². The number of nitrogens with zero attached hydrogens (tertiary/aromatic N) is 1. The van der Waals surface area contributed by atoms with E-state index in [2.05, 4.69) is 0 Å².